The zero-order valence-electron chi connectivity index (χ0n) is 15.4. The van der Waals surface area contributed by atoms with Crippen LogP contribution in [-0.2, 0) is 6.18 Å². The Morgan fingerprint density at radius 3 is 2.19 bits per heavy atom. The van der Waals surface area contributed by atoms with Gasteiger partial charge >= 0.3 is 6.18 Å². The van der Waals surface area contributed by atoms with Crippen molar-refractivity contribution in [2.45, 2.75) is 39.9 Å². The third-order valence-electron chi connectivity index (χ3n) is 4.08. The summed E-state index contributed by atoms with van der Waals surface area (Å²) in [6.45, 7) is 7.15. The zero-order valence-corrected chi connectivity index (χ0v) is 17.0. The highest BCUT2D eigenvalue weighted by atomic mass is 79.9. The molecule has 0 aliphatic carbocycles. The second-order valence-electron chi connectivity index (χ2n) is 6.68. The van der Waals surface area contributed by atoms with E-state index < -0.39 is 17.9 Å². The number of alkyl halides is 3. The molecule has 5 nitrogen and oxygen atoms in total. The van der Waals surface area contributed by atoms with E-state index in [4.69, 9.17) is 0 Å². The second-order valence-corrected chi connectivity index (χ2v) is 7.59. The fraction of sp³-hybridized carbons (Fsp3) is 0.444. The minimum atomic E-state index is -4.62. The van der Waals surface area contributed by atoms with Crippen molar-refractivity contribution in [2.24, 2.45) is 5.92 Å². The lowest BCUT2D eigenvalue weighted by Gasteiger charge is -2.21. The molecule has 3 N–H and O–H groups in total. The number of hydrogen-bond donors (Lipinski definition) is 3. The Bertz CT molecular complexity index is 789. The first kappa shape index (κ1) is 21.4. The molecule has 0 unspecified atom stereocenters. The van der Waals surface area contributed by atoms with Crippen molar-refractivity contribution in [1.82, 2.24) is 9.97 Å². The van der Waals surface area contributed by atoms with Crippen molar-refractivity contribution >= 4 is 33.4 Å². The standard InChI is InChI=1S/C18H22BrF3N4O/c1-9(2)13(8-27)23-17-24-14(18(20,21)22)7-15(26-17)25-16-10(3)5-12(19)6-11(16)4/h5-7,9,13,27H,8H2,1-4H3,(H2,23,24,25,26)/t13-/m0/s1. The van der Waals surface area contributed by atoms with Crippen LogP contribution in [0.25, 0.3) is 0 Å². The average molecular weight is 447 g/mol. The molecule has 1 heterocycles. The lowest BCUT2D eigenvalue weighted by atomic mass is 10.1. The van der Waals surface area contributed by atoms with E-state index in [1.54, 1.807) is 0 Å². The first-order chi connectivity index (χ1) is 12.5. The molecule has 0 saturated carbocycles. The first-order valence-corrected chi connectivity index (χ1v) is 9.18. The molecule has 148 valence electrons. The molecular formula is C18H22BrF3N4O. The number of aryl methyl sites for hydroxylation is 2. The van der Waals surface area contributed by atoms with Crippen LogP contribution in [0.2, 0.25) is 0 Å². The van der Waals surface area contributed by atoms with Crippen LogP contribution in [0.4, 0.5) is 30.6 Å². The first-order valence-electron chi connectivity index (χ1n) is 8.38. The summed E-state index contributed by atoms with van der Waals surface area (Å²) >= 11 is 3.39. The van der Waals surface area contributed by atoms with E-state index >= 15 is 0 Å². The lowest BCUT2D eigenvalue weighted by Crippen LogP contribution is -2.30. The maximum Gasteiger partial charge on any atom is 0.433 e. The van der Waals surface area contributed by atoms with Gasteiger partial charge in [0.05, 0.1) is 12.6 Å². The summed E-state index contributed by atoms with van der Waals surface area (Å²) in [5.74, 6) is -0.179. The number of aromatic nitrogens is 2. The highest BCUT2D eigenvalue weighted by Crippen LogP contribution is 2.32. The Morgan fingerprint density at radius 1 is 1.11 bits per heavy atom. The van der Waals surface area contributed by atoms with Gasteiger partial charge in [-0.3, -0.25) is 0 Å². The monoisotopic (exact) mass is 446 g/mol. The van der Waals surface area contributed by atoms with Gasteiger partial charge in [0.1, 0.15) is 5.82 Å². The van der Waals surface area contributed by atoms with Gasteiger partial charge in [-0.2, -0.15) is 18.2 Å². The van der Waals surface area contributed by atoms with E-state index in [-0.39, 0.29) is 24.3 Å². The number of hydrogen-bond acceptors (Lipinski definition) is 5. The molecule has 1 atom stereocenters. The van der Waals surface area contributed by atoms with E-state index in [1.807, 2.05) is 39.8 Å². The number of aliphatic hydroxyl groups excluding tert-OH is 1. The number of aliphatic hydroxyl groups is 1. The molecule has 1 aromatic heterocycles. The third-order valence-corrected chi connectivity index (χ3v) is 4.54. The third kappa shape index (κ3) is 5.55. The highest BCUT2D eigenvalue weighted by molar-refractivity contribution is 9.10. The maximum atomic E-state index is 13.3. The molecule has 0 saturated heterocycles. The number of anilines is 3. The average Bonchev–Trinajstić information content (AvgIpc) is 2.54. The Morgan fingerprint density at radius 2 is 1.70 bits per heavy atom. The van der Waals surface area contributed by atoms with Crippen LogP contribution in [-0.4, -0.2) is 27.7 Å². The molecule has 1 aromatic carbocycles. The van der Waals surface area contributed by atoms with Crippen molar-refractivity contribution in [2.75, 3.05) is 17.2 Å². The summed E-state index contributed by atoms with van der Waals surface area (Å²) < 4.78 is 40.7. The fourth-order valence-corrected chi connectivity index (χ4v) is 3.23. The minimum Gasteiger partial charge on any atom is -0.394 e. The molecule has 0 spiro atoms. The highest BCUT2D eigenvalue weighted by Gasteiger charge is 2.34. The maximum absolute atomic E-state index is 13.3. The SMILES string of the molecule is Cc1cc(Br)cc(C)c1Nc1cc(C(F)(F)F)nc(N[C@@H](CO)C(C)C)n1. The molecule has 2 rings (SSSR count). The lowest BCUT2D eigenvalue weighted by molar-refractivity contribution is -0.141. The van der Waals surface area contributed by atoms with Crippen LogP contribution < -0.4 is 10.6 Å². The van der Waals surface area contributed by atoms with Crippen LogP contribution in [0.1, 0.15) is 30.7 Å². The minimum absolute atomic E-state index is 0.0134. The molecule has 0 amide bonds. The van der Waals surface area contributed by atoms with E-state index in [0.717, 1.165) is 21.7 Å². The Labute approximate surface area is 164 Å². The number of rotatable bonds is 6. The van der Waals surface area contributed by atoms with E-state index in [1.165, 1.54) is 0 Å². The summed E-state index contributed by atoms with van der Waals surface area (Å²) in [5.41, 5.74) is 1.34. The normalized spacial score (nSPS) is 13.0. The molecule has 9 heteroatoms. The van der Waals surface area contributed by atoms with Gasteiger partial charge in [-0.25, -0.2) is 4.98 Å². The second kappa shape index (κ2) is 8.43. The quantitative estimate of drug-likeness (QED) is 0.579. The van der Waals surface area contributed by atoms with Crippen molar-refractivity contribution in [3.05, 3.63) is 39.5 Å². The van der Waals surface area contributed by atoms with Crippen LogP contribution in [0.5, 0.6) is 0 Å². The summed E-state index contributed by atoms with van der Waals surface area (Å²) in [4.78, 5) is 7.73. The fourth-order valence-electron chi connectivity index (χ4n) is 2.55. The number of nitrogens with one attached hydrogen (secondary N) is 2. The van der Waals surface area contributed by atoms with Gasteiger partial charge in [0.15, 0.2) is 5.69 Å². The van der Waals surface area contributed by atoms with Gasteiger partial charge in [0.25, 0.3) is 0 Å². The molecule has 0 aliphatic heterocycles. The number of benzene rings is 1. The van der Waals surface area contributed by atoms with E-state index in [9.17, 15) is 18.3 Å². The molecule has 0 fully saturated rings. The Kier molecular flexibility index (Phi) is 6.69. The summed E-state index contributed by atoms with van der Waals surface area (Å²) in [5, 5.41) is 15.2. The smallest absolute Gasteiger partial charge is 0.394 e. The molecule has 0 radical (unpaired) electrons. The van der Waals surface area contributed by atoms with Crippen LogP contribution in [0.3, 0.4) is 0 Å². The Balaban J connectivity index is 2.45. The molecule has 0 bridgehead atoms. The van der Waals surface area contributed by atoms with Gasteiger partial charge in [-0.15, -0.1) is 0 Å². The van der Waals surface area contributed by atoms with Crippen molar-refractivity contribution in [3.63, 3.8) is 0 Å². The summed E-state index contributed by atoms with van der Waals surface area (Å²) in [6.07, 6.45) is -4.62. The molecule has 0 aliphatic rings. The predicted octanol–water partition coefficient (Wildman–Crippen LogP) is 5.05. The topological polar surface area (TPSA) is 70.1 Å². The number of nitrogens with zero attached hydrogens (tertiary/aromatic N) is 2. The van der Waals surface area contributed by atoms with Crippen molar-refractivity contribution < 1.29 is 18.3 Å². The molecular weight excluding hydrogens is 425 g/mol. The Hall–Kier alpha value is -1.87. The van der Waals surface area contributed by atoms with E-state index in [2.05, 4.69) is 36.5 Å². The van der Waals surface area contributed by atoms with Crippen LogP contribution in [0, 0.1) is 19.8 Å². The van der Waals surface area contributed by atoms with Crippen LogP contribution in [0.15, 0.2) is 22.7 Å². The largest absolute Gasteiger partial charge is 0.433 e. The van der Waals surface area contributed by atoms with Gasteiger partial charge in [-0.1, -0.05) is 29.8 Å². The van der Waals surface area contributed by atoms with Gasteiger partial charge in [-0.05, 0) is 43.0 Å². The zero-order chi connectivity index (χ0) is 20.4. The summed E-state index contributed by atoms with van der Waals surface area (Å²) in [6, 6.07) is 4.13. The van der Waals surface area contributed by atoms with Crippen LogP contribution >= 0.6 is 15.9 Å². The predicted molar refractivity (Wildman–Crippen MR) is 103 cm³/mol. The summed E-state index contributed by atoms with van der Waals surface area (Å²) in [7, 11) is 0. The number of halogens is 4. The van der Waals surface area contributed by atoms with Gasteiger partial charge < -0.3 is 15.7 Å². The van der Waals surface area contributed by atoms with Crippen molar-refractivity contribution in [3.8, 4) is 0 Å². The molecule has 27 heavy (non-hydrogen) atoms. The van der Waals surface area contributed by atoms with Gasteiger partial charge in [0.2, 0.25) is 5.95 Å². The van der Waals surface area contributed by atoms with E-state index in [0.29, 0.717) is 5.69 Å². The van der Waals surface area contributed by atoms with Crippen molar-refractivity contribution in [1.29, 1.82) is 0 Å². The molecule has 2 aromatic rings. The van der Waals surface area contributed by atoms with Gasteiger partial charge in [0, 0.05) is 16.2 Å².